The molecule has 0 saturated carbocycles. The molecule has 1 aliphatic carbocycles. The number of fused-ring (bicyclic) bond motifs is 1. The van der Waals surface area contributed by atoms with Crippen LogP contribution >= 0.6 is 0 Å². The highest BCUT2D eigenvalue weighted by Crippen LogP contribution is 2.08. The molecule has 1 aliphatic rings. The maximum absolute atomic E-state index is 11.9. The molecule has 0 atom stereocenters. The first-order valence-electron chi connectivity index (χ1n) is 5.58. The fourth-order valence-corrected chi connectivity index (χ4v) is 1.78. The number of hydrogen-bond acceptors (Lipinski definition) is 2. The van der Waals surface area contributed by atoms with Crippen molar-refractivity contribution in [3.63, 3.8) is 0 Å². The van der Waals surface area contributed by atoms with Crippen molar-refractivity contribution in [3.05, 3.63) is 22.8 Å². The molecule has 0 aliphatic heterocycles. The summed E-state index contributed by atoms with van der Waals surface area (Å²) in [6, 6.07) is 1.95. The first kappa shape index (κ1) is 11.0. The van der Waals surface area contributed by atoms with E-state index in [1.165, 1.54) is 0 Å². The Morgan fingerprint density at radius 2 is 2.00 bits per heavy atom. The molecule has 0 fully saturated rings. The highest BCUT2D eigenvalue weighted by atomic mass is 16.6. The Morgan fingerprint density at radius 1 is 1.31 bits per heavy atom. The second kappa shape index (κ2) is 3.81. The Kier molecular flexibility index (Phi) is 2.62. The molecule has 1 heterocycles. The molecule has 0 amide bonds. The SMILES string of the molecule is CC(C)(C)OC(=O)n1ccc2c1=CCCC=2. The third-order valence-electron chi connectivity index (χ3n) is 2.42. The van der Waals surface area contributed by atoms with Crippen LogP contribution in [0.2, 0.25) is 0 Å². The van der Waals surface area contributed by atoms with Gasteiger partial charge in [0.1, 0.15) is 5.60 Å². The van der Waals surface area contributed by atoms with E-state index in [4.69, 9.17) is 4.74 Å². The standard InChI is InChI=1S/C13H17NO2/c1-13(2,3)16-12(15)14-9-8-10-6-4-5-7-11(10)14/h6-9H,4-5H2,1-3H3. The van der Waals surface area contributed by atoms with Crippen molar-refractivity contribution in [2.75, 3.05) is 0 Å². The lowest BCUT2D eigenvalue weighted by atomic mass is 10.2. The molecule has 1 aromatic heterocycles. The summed E-state index contributed by atoms with van der Waals surface area (Å²) in [5.74, 6) is 0. The van der Waals surface area contributed by atoms with Crippen LogP contribution in [0.15, 0.2) is 12.3 Å². The van der Waals surface area contributed by atoms with E-state index in [0.717, 1.165) is 23.4 Å². The summed E-state index contributed by atoms with van der Waals surface area (Å²) in [7, 11) is 0. The number of rotatable bonds is 0. The van der Waals surface area contributed by atoms with Gasteiger partial charge in [0.15, 0.2) is 0 Å². The molecular formula is C13H17NO2. The van der Waals surface area contributed by atoms with Crippen molar-refractivity contribution >= 4 is 18.2 Å². The maximum atomic E-state index is 11.9. The van der Waals surface area contributed by atoms with Gasteiger partial charge in [-0.3, -0.25) is 4.57 Å². The molecule has 1 aromatic rings. The lowest BCUT2D eigenvalue weighted by Crippen LogP contribution is -2.37. The number of ether oxygens (including phenoxy) is 1. The minimum Gasteiger partial charge on any atom is -0.443 e. The molecule has 0 aromatic carbocycles. The van der Waals surface area contributed by atoms with Gasteiger partial charge < -0.3 is 4.74 Å². The first-order valence-corrected chi connectivity index (χ1v) is 5.58. The zero-order chi connectivity index (χ0) is 11.8. The minimum absolute atomic E-state index is 0.305. The Hall–Kier alpha value is -1.51. The summed E-state index contributed by atoms with van der Waals surface area (Å²) in [6.07, 6.45) is 7.73. The van der Waals surface area contributed by atoms with Crippen LogP contribution in [-0.4, -0.2) is 16.3 Å². The quantitative estimate of drug-likeness (QED) is 0.664. The van der Waals surface area contributed by atoms with Crippen molar-refractivity contribution in [1.82, 2.24) is 4.57 Å². The summed E-state index contributed by atoms with van der Waals surface area (Å²) < 4.78 is 6.92. The van der Waals surface area contributed by atoms with Gasteiger partial charge in [-0.2, -0.15) is 0 Å². The molecule has 0 N–H and O–H groups in total. The molecule has 86 valence electrons. The Bertz CT molecular complexity index is 517. The van der Waals surface area contributed by atoms with Crippen molar-refractivity contribution in [3.8, 4) is 0 Å². The predicted octanol–water partition coefficient (Wildman–Crippen LogP) is 1.63. The summed E-state index contributed by atoms with van der Waals surface area (Å²) in [4.78, 5) is 11.9. The number of carbonyl (C=O) groups is 1. The van der Waals surface area contributed by atoms with Crippen molar-refractivity contribution in [2.45, 2.75) is 39.2 Å². The lowest BCUT2D eigenvalue weighted by Gasteiger charge is -2.19. The second-order valence-corrected chi connectivity index (χ2v) is 4.99. The van der Waals surface area contributed by atoms with Crippen LogP contribution in [0.5, 0.6) is 0 Å². The van der Waals surface area contributed by atoms with Crippen LogP contribution in [0.1, 0.15) is 33.6 Å². The van der Waals surface area contributed by atoms with Crippen molar-refractivity contribution in [2.24, 2.45) is 0 Å². The molecule has 3 nitrogen and oxygen atoms in total. The zero-order valence-electron chi connectivity index (χ0n) is 9.99. The maximum Gasteiger partial charge on any atom is 0.418 e. The zero-order valence-corrected chi connectivity index (χ0v) is 9.99. The Labute approximate surface area is 95.0 Å². The molecule has 3 heteroatoms. The average Bonchev–Trinajstić information content (AvgIpc) is 2.58. The largest absolute Gasteiger partial charge is 0.443 e. The summed E-state index contributed by atoms with van der Waals surface area (Å²) in [5.41, 5.74) is -0.452. The van der Waals surface area contributed by atoms with Crippen LogP contribution in [0.4, 0.5) is 4.79 Å². The van der Waals surface area contributed by atoms with Gasteiger partial charge in [0, 0.05) is 6.20 Å². The van der Waals surface area contributed by atoms with Crippen LogP contribution < -0.4 is 10.6 Å². The highest BCUT2D eigenvalue weighted by Gasteiger charge is 2.18. The van der Waals surface area contributed by atoms with E-state index >= 15 is 0 Å². The third kappa shape index (κ3) is 2.18. The van der Waals surface area contributed by atoms with Gasteiger partial charge in [0.25, 0.3) is 0 Å². The van der Waals surface area contributed by atoms with Gasteiger partial charge in [-0.1, -0.05) is 12.2 Å². The molecule has 0 saturated heterocycles. The van der Waals surface area contributed by atoms with Crippen LogP contribution in [0.3, 0.4) is 0 Å². The Morgan fingerprint density at radius 3 is 2.69 bits per heavy atom. The van der Waals surface area contributed by atoms with E-state index in [1.54, 1.807) is 10.8 Å². The second-order valence-electron chi connectivity index (χ2n) is 4.99. The topological polar surface area (TPSA) is 31.2 Å². The molecule has 16 heavy (non-hydrogen) atoms. The van der Waals surface area contributed by atoms with E-state index in [9.17, 15) is 4.79 Å². The van der Waals surface area contributed by atoms with Gasteiger partial charge in [-0.15, -0.1) is 0 Å². The first-order chi connectivity index (χ1) is 7.47. The van der Waals surface area contributed by atoms with E-state index < -0.39 is 5.60 Å². The fraction of sp³-hybridized carbons (Fsp3) is 0.462. The van der Waals surface area contributed by atoms with E-state index in [-0.39, 0.29) is 6.09 Å². The molecule has 0 unspecified atom stereocenters. The van der Waals surface area contributed by atoms with Crippen molar-refractivity contribution in [1.29, 1.82) is 0 Å². The average molecular weight is 219 g/mol. The van der Waals surface area contributed by atoms with Gasteiger partial charge in [0.05, 0.1) is 5.35 Å². The highest BCUT2D eigenvalue weighted by molar-refractivity contribution is 5.71. The normalized spacial score (nSPS) is 14.7. The lowest BCUT2D eigenvalue weighted by molar-refractivity contribution is 0.0532. The number of hydrogen-bond donors (Lipinski definition) is 0. The van der Waals surface area contributed by atoms with Crippen LogP contribution in [-0.2, 0) is 4.74 Å². The van der Waals surface area contributed by atoms with E-state index in [1.807, 2.05) is 26.8 Å². The van der Waals surface area contributed by atoms with Gasteiger partial charge in [-0.05, 0) is 44.9 Å². The monoisotopic (exact) mass is 219 g/mol. The van der Waals surface area contributed by atoms with Crippen LogP contribution in [0, 0.1) is 0 Å². The Balaban J connectivity index is 2.36. The predicted molar refractivity (Wildman–Crippen MR) is 63.5 cm³/mol. The molecule has 0 radical (unpaired) electrons. The smallest absolute Gasteiger partial charge is 0.418 e. The van der Waals surface area contributed by atoms with E-state index in [2.05, 4.69) is 12.2 Å². The van der Waals surface area contributed by atoms with Gasteiger partial charge in [-0.25, -0.2) is 4.79 Å². The number of aromatic nitrogens is 1. The van der Waals surface area contributed by atoms with Gasteiger partial charge in [0.2, 0.25) is 0 Å². The molecule has 2 rings (SSSR count). The summed E-state index contributed by atoms with van der Waals surface area (Å²) in [5, 5.41) is 2.08. The molecule has 0 bridgehead atoms. The number of nitrogens with zero attached hydrogens (tertiary/aromatic N) is 1. The van der Waals surface area contributed by atoms with Crippen molar-refractivity contribution < 1.29 is 9.53 Å². The van der Waals surface area contributed by atoms with E-state index in [0.29, 0.717) is 0 Å². The fourth-order valence-electron chi connectivity index (χ4n) is 1.78. The summed E-state index contributed by atoms with van der Waals surface area (Å²) >= 11 is 0. The van der Waals surface area contributed by atoms with Gasteiger partial charge >= 0.3 is 6.09 Å². The minimum atomic E-state index is -0.452. The molecule has 0 spiro atoms. The summed E-state index contributed by atoms with van der Waals surface area (Å²) in [6.45, 7) is 5.62. The molecular weight excluding hydrogens is 202 g/mol. The van der Waals surface area contributed by atoms with Crippen LogP contribution in [0.25, 0.3) is 12.2 Å². The third-order valence-corrected chi connectivity index (χ3v) is 2.42. The number of carbonyl (C=O) groups excluding carboxylic acids is 1.